The Hall–Kier alpha value is -3.23. The quantitative estimate of drug-likeness (QED) is 0.304. The standard InChI is InChI=1S/C23H20N4O2S2/c1-16(28)18-10-5-6-11-19(18)24-21(29)15-31-23-26-25-22(20-12-7-13-30-20)27(23)14-17-8-3-2-4-9-17/h2-13H,14-15H2,1H3,(H,24,29). The number of amides is 1. The zero-order valence-electron chi connectivity index (χ0n) is 16.8. The van der Waals surface area contributed by atoms with Crippen LogP contribution in [0.25, 0.3) is 10.7 Å². The fourth-order valence-electron chi connectivity index (χ4n) is 3.11. The zero-order valence-corrected chi connectivity index (χ0v) is 18.5. The molecule has 0 bridgehead atoms. The molecule has 0 radical (unpaired) electrons. The molecule has 0 saturated carbocycles. The number of thiophene rings is 1. The number of benzene rings is 2. The number of thioether (sulfide) groups is 1. The van der Waals surface area contributed by atoms with Crippen molar-refractivity contribution in [1.82, 2.24) is 14.8 Å². The number of ketones is 1. The Morgan fingerprint density at radius 3 is 2.52 bits per heavy atom. The molecule has 0 aliphatic heterocycles. The van der Waals surface area contributed by atoms with Crippen molar-refractivity contribution in [3.63, 3.8) is 0 Å². The Bertz CT molecular complexity index is 1190. The van der Waals surface area contributed by atoms with Crippen LogP contribution in [0.1, 0.15) is 22.8 Å². The fourth-order valence-corrected chi connectivity index (χ4v) is 4.56. The predicted octanol–water partition coefficient (Wildman–Crippen LogP) is 4.99. The molecule has 0 aliphatic rings. The number of rotatable bonds is 8. The van der Waals surface area contributed by atoms with Gasteiger partial charge in [0.25, 0.3) is 0 Å². The third kappa shape index (κ3) is 5.10. The maximum absolute atomic E-state index is 12.6. The van der Waals surface area contributed by atoms with Gasteiger partial charge in [0.15, 0.2) is 16.8 Å². The summed E-state index contributed by atoms with van der Waals surface area (Å²) in [7, 11) is 0. The molecule has 156 valence electrons. The van der Waals surface area contributed by atoms with E-state index < -0.39 is 0 Å². The number of hydrogen-bond donors (Lipinski definition) is 1. The minimum absolute atomic E-state index is 0.0910. The number of hydrogen-bond acceptors (Lipinski definition) is 6. The van der Waals surface area contributed by atoms with Crippen molar-refractivity contribution in [3.8, 4) is 10.7 Å². The highest BCUT2D eigenvalue weighted by molar-refractivity contribution is 7.99. The smallest absolute Gasteiger partial charge is 0.234 e. The predicted molar refractivity (Wildman–Crippen MR) is 125 cm³/mol. The average Bonchev–Trinajstić information content (AvgIpc) is 3.43. The van der Waals surface area contributed by atoms with Crippen LogP contribution < -0.4 is 5.32 Å². The van der Waals surface area contributed by atoms with Crippen LogP contribution in [0.5, 0.6) is 0 Å². The van der Waals surface area contributed by atoms with Gasteiger partial charge in [0, 0.05) is 5.56 Å². The second kappa shape index (κ2) is 9.72. The summed E-state index contributed by atoms with van der Waals surface area (Å²) in [4.78, 5) is 25.4. The Labute approximate surface area is 188 Å². The van der Waals surface area contributed by atoms with Gasteiger partial charge in [-0.2, -0.15) is 0 Å². The molecule has 0 saturated heterocycles. The van der Waals surface area contributed by atoms with Crippen molar-refractivity contribution in [2.24, 2.45) is 0 Å². The lowest BCUT2D eigenvalue weighted by molar-refractivity contribution is -0.113. The van der Waals surface area contributed by atoms with Crippen LogP contribution in [-0.2, 0) is 11.3 Å². The Kier molecular flexibility index (Phi) is 6.59. The van der Waals surface area contributed by atoms with Crippen molar-refractivity contribution < 1.29 is 9.59 Å². The summed E-state index contributed by atoms with van der Waals surface area (Å²) in [5.74, 6) is 0.643. The van der Waals surface area contributed by atoms with Crippen molar-refractivity contribution in [1.29, 1.82) is 0 Å². The molecule has 1 N–H and O–H groups in total. The molecular formula is C23H20N4O2S2. The molecule has 0 spiro atoms. The van der Waals surface area contributed by atoms with Crippen molar-refractivity contribution in [3.05, 3.63) is 83.2 Å². The lowest BCUT2D eigenvalue weighted by atomic mass is 10.1. The van der Waals surface area contributed by atoms with Crippen molar-refractivity contribution >= 4 is 40.5 Å². The first-order chi connectivity index (χ1) is 15.1. The molecule has 0 unspecified atom stereocenters. The first-order valence-electron chi connectivity index (χ1n) is 9.65. The van der Waals surface area contributed by atoms with E-state index in [1.807, 2.05) is 40.3 Å². The number of anilines is 1. The lowest BCUT2D eigenvalue weighted by Crippen LogP contribution is -2.16. The summed E-state index contributed by atoms with van der Waals surface area (Å²) in [6.45, 7) is 2.09. The third-order valence-corrected chi connectivity index (χ3v) is 6.39. The van der Waals surface area contributed by atoms with Crippen LogP contribution in [0.3, 0.4) is 0 Å². The van der Waals surface area contributed by atoms with Gasteiger partial charge in [-0.15, -0.1) is 21.5 Å². The number of Topliss-reactive ketones (excluding diaryl/α,β-unsaturated/α-hetero) is 1. The van der Waals surface area contributed by atoms with E-state index >= 15 is 0 Å². The van der Waals surface area contributed by atoms with Crippen LogP contribution in [0.2, 0.25) is 0 Å². The van der Waals surface area contributed by atoms with Crippen LogP contribution in [-0.4, -0.2) is 32.2 Å². The first-order valence-corrected chi connectivity index (χ1v) is 11.5. The summed E-state index contributed by atoms with van der Waals surface area (Å²) in [6, 6.07) is 21.1. The molecule has 6 nitrogen and oxygen atoms in total. The molecule has 1 amide bonds. The maximum atomic E-state index is 12.6. The normalized spacial score (nSPS) is 10.7. The van der Waals surface area contributed by atoms with Gasteiger partial charge in [0.2, 0.25) is 5.91 Å². The van der Waals surface area contributed by atoms with E-state index in [1.165, 1.54) is 18.7 Å². The molecule has 2 aromatic heterocycles. The largest absolute Gasteiger partial charge is 0.325 e. The molecule has 0 fully saturated rings. The van der Waals surface area contributed by atoms with Crippen molar-refractivity contribution in [2.75, 3.05) is 11.1 Å². The van der Waals surface area contributed by atoms with Crippen LogP contribution in [0, 0.1) is 0 Å². The van der Waals surface area contributed by atoms with Gasteiger partial charge in [0.05, 0.1) is 22.9 Å². The van der Waals surface area contributed by atoms with Gasteiger partial charge >= 0.3 is 0 Å². The number of carbonyl (C=O) groups is 2. The highest BCUT2D eigenvalue weighted by Crippen LogP contribution is 2.28. The van der Waals surface area contributed by atoms with Crippen LogP contribution in [0.15, 0.2) is 77.3 Å². The third-order valence-electron chi connectivity index (χ3n) is 4.55. The van der Waals surface area contributed by atoms with E-state index in [0.717, 1.165) is 16.3 Å². The second-order valence-corrected chi connectivity index (χ2v) is 8.68. The van der Waals surface area contributed by atoms with E-state index in [0.29, 0.717) is 23.0 Å². The van der Waals surface area contributed by atoms with Gasteiger partial charge in [-0.25, -0.2) is 0 Å². The van der Waals surface area contributed by atoms with Gasteiger partial charge < -0.3 is 5.32 Å². The molecule has 0 aliphatic carbocycles. The van der Waals surface area contributed by atoms with E-state index in [1.54, 1.807) is 35.6 Å². The van der Waals surface area contributed by atoms with E-state index in [9.17, 15) is 9.59 Å². The van der Waals surface area contributed by atoms with E-state index in [4.69, 9.17) is 0 Å². The average molecular weight is 449 g/mol. The second-order valence-electron chi connectivity index (χ2n) is 6.79. The topological polar surface area (TPSA) is 76.9 Å². The molecule has 4 rings (SSSR count). The molecule has 8 heteroatoms. The number of carbonyl (C=O) groups excluding carboxylic acids is 2. The van der Waals surface area contributed by atoms with Gasteiger partial charge in [0.1, 0.15) is 0 Å². The minimum Gasteiger partial charge on any atom is -0.325 e. The Morgan fingerprint density at radius 2 is 1.77 bits per heavy atom. The summed E-state index contributed by atoms with van der Waals surface area (Å²) in [5, 5.41) is 14.2. The Balaban J connectivity index is 1.52. The molecule has 31 heavy (non-hydrogen) atoms. The fraction of sp³-hybridized carbons (Fsp3) is 0.130. The molecule has 2 aromatic carbocycles. The number of nitrogens with one attached hydrogen (secondary N) is 1. The number of para-hydroxylation sites is 1. The Morgan fingerprint density at radius 1 is 1.00 bits per heavy atom. The molecule has 2 heterocycles. The summed E-state index contributed by atoms with van der Waals surface area (Å²) in [5.41, 5.74) is 2.14. The van der Waals surface area contributed by atoms with Gasteiger partial charge in [-0.1, -0.05) is 60.3 Å². The number of aromatic nitrogens is 3. The highest BCUT2D eigenvalue weighted by atomic mass is 32.2. The monoisotopic (exact) mass is 448 g/mol. The SMILES string of the molecule is CC(=O)c1ccccc1NC(=O)CSc1nnc(-c2cccs2)n1Cc1ccccc1. The lowest BCUT2D eigenvalue weighted by Gasteiger charge is -2.11. The summed E-state index contributed by atoms with van der Waals surface area (Å²) >= 11 is 2.92. The highest BCUT2D eigenvalue weighted by Gasteiger charge is 2.17. The first kappa shape index (κ1) is 21.0. The van der Waals surface area contributed by atoms with E-state index in [2.05, 4.69) is 27.6 Å². The maximum Gasteiger partial charge on any atom is 0.234 e. The van der Waals surface area contributed by atoms with Crippen LogP contribution >= 0.6 is 23.1 Å². The van der Waals surface area contributed by atoms with Crippen molar-refractivity contribution in [2.45, 2.75) is 18.6 Å². The molecule has 0 atom stereocenters. The number of nitrogens with zero attached hydrogens (tertiary/aromatic N) is 3. The van der Waals surface area contributed by atoms with Crippen LogP contribution in [0.4, 0.5) is 5.69 Å². The van der Waals surface area contributed by atoms with Gasteiger partial charge in [-0.3, -0.25) is 14.2 Å². The summed E-state index contributed by atoms with van der Waals surface area (Å²) in [6.07, 6.45) is 0. The molecule has 4 aromatic rings. The minimum atomic E-state index is -0.203. The van der Waals surface area contributed by atoms with Gasteiger partial charge in [-0.05, 0) is 36.1 Å². The molecular weight excluding hydrogens is 428 g/mol. The zero-order chi connectivity index (χ0) is 21.6. The summed E-state index contributed by atoms with van der Waals surface area (Å²) < 4.78 is 2.03. The van der Waals surface area contributed by atoms with E-state index in [-0.39, 0.29) is 17.4 Å².